The third-order valence-corrected chi connectivity index (χ3v) is 5.85. The molecule has 0 unspecified atom stereocenters. The van der Waals surface area contributed by atoms with Gasteiger partial charge in [-0.1, -0.05) is 29.4 Å². The van der Waals surface area contributed by atoms with E-state index in [4.69, 9.17) is 14.3 Å². The maximum Gasteiger partial charge on any atom is 0.265 e. The van der Waals surface area contributed by atoms with Crippen LogP contribution in [0.3, 0.4) is 0 Å². The lowest BCUT2D eigenvalue weighted by molar-refractivity contribution is -0.120. The quantitative estimate of drug-likeness (QED) is 0.357. The first-order chi connectivity index (χ1) is 17.1. The van der Waals surface area contributed by atoms with Crippen LogP contribution in [-0.4, -0.2) is 44.5 Å². The van der Waals surface area contributed by atoms with Gasteiger partial charge in [0.15, 0.2) is 6.61 Å². The highest BCUT2D eigenvalue weighted by atomic mass is 16.6. The number of aryl methyl sites for hydroxylation is 1. The Morgan fingerprint density at radius 1 is 1.00 bits per heavy atom. The topological polar surface area (TPSA) is 72.4 Å². The van der Waals surface area contributed by atoms with E-state index in [0.29, 0.717) is 12.3 Å². The summed E-state index contributed by atoms with van der Waals surface area (Å²) in [4.78, 5) is 19.8. The number of hydrogen-bond donors (Lipinski definition) is 1. The Morgan fingerprint density at radius 2 is 1.71 bits per heavy atom. The van der Waals surface area contributed by atoms with E-state index in [0.717, 1.165) is 54.6 Å². The van der Waals surface area contributed by atoms with Gasteiger partial charge in [0, 0.05) is 24.5 Å². The third kappa shape index (κ3) is 7.07. The first-order valence-corrected chi connectivity index (χ1v) is 11.8. The van der Waals surface area contributed by atoms with Gasteiger partial charge < -0.3 is 24.5 Å². The highest BCUT2D eigenvalue weighted by Crippen LogP contribution is 2.19. The Morgan fingerprint density at radius 3 is 2.43 bits per heavy atom. The molecule has 1 N–H and O–H groups in total. The standard InChI is InChI=1S/C28H31N3O4/c1-21-5-3-4-6-24(21)19-34-27-13-7-23(8-14-27)22(2)30-35-20-28(32)29-25-9-11-26(12-10-25)31-15-17-33-18-16-31/h3-14H,15-20H2,1-2H3,(H,29,32). The highest BCUT2D eigenvalue weighted by molar-refractivity contribution is 5.98. The smallest absolute Gasteiger partial charge is 0.265 e. The molecule has 4 rings (SSSR count). The molecule has 0 bridgehead atoms. The number of anilines is 2. The minimum atomic E-state index is -0.263. The second-order valence-electron chi connectivity index (χ2n) is 8.38. The molecule has 7 nitrogen and oxygen atoms in total. The summed E-state index contributed by atoms with van der Waals surface area (Å²) >= 11 is 0. The number of ether oxygens (including phenoxy) is 2. The maximum atomic E-state index is 12.2. The fourth-order valence-electron chi connectivity index (χ4n) is 3.74. The van der Waals surface area contributed by atoms with E-state index in [2.05, 4.69) is 34.4 Å². The molecule has 0 atom stereocenters. The lowest BCUT2D eigenvalue weighted by Crippen LogP contribution is -2.36. The summed E-state index contributed by atoms with van der Waals surface area (Å²) in [5.74, 6) is 0.519. The number of carbonyl (C=O) groups is 1. The minimum absolute atomic E-state index is 0.166. The van der Waals surface area contributed by atoms with Crippen molar-refractivity contribution in [3.8, 4) is 5.75 Å². The zero-order chi connectivity index (χ0) is 24.5. The molecule has 7 heteroatoms. The van der Waals surface area contributed by atoms with Gasteiger partial charge in [-0.15, -0.1) is 0 Å². The SMILES string of the molecule is CC(=NOCC(=O)Nc1ccc(N2CCOCC2)cc1)c1ccc(OCc2ccccc2C)cc1. The molecule has 0 aliphatic carbocycles. The number of morpholine rings is 1. The van der Waals surface area contributed by atoms with Gasteiger partial charge in [0.1, 0.15) is 12.4 Å². The summed E-state index contributed by atoms with van der Waals surface area (Å²) in [6.45, 7) is 7.49. The van der Waals surface area contributed by atoms with E-state index in [1.165, 1.54) is 5.56 Å². The Labute approximate surface area is 206 Å². The van der Waals surface area contributed by atoms with Crippen LogP contribution in [-0.2, 0) is 21.0 Å². The van der Waals surface area contributed by atoms with E-state index in [9.17, 15) is 4.79 Å². The van der Waals surface area contributed by atoms with Crippen molar-refractivity contribution in [2.45, 2.75) is 20.5 Å². The first-order valence-electron chi connectivity index (χ1n) is 11.8. The second-order valence-corrected chi connectivity index (χ2v) is 8.38. The van der Waals surface area contributed by atoms with Crippen molar-refractivity contribution < 1.29 is 19.1 Å². The zero-order valence-corrected chi connectivity index (χ0v) is 20.2. The molecule has 3 aromatic carbocycles. The molecule has 1 fully saturated rings. The molecular weight excluding hydrogens is 442 g/mol. The molecule has 1 saturated heterocycles. The number of oxime groups is 1. The molecule has 0 saturated carbocycles. The maximum absolute atomic E-state index is 12.2. The van der Waals surface area contributed by atoms with Crippen LogP contribution in [0.2, 0.25) is 0 Å². The highest BCUT2D eigenvalue weighted by Gasteiger charge is 2.11. The molecule has 1 heterocycles. The van der Waals surface area contributed by atoms with Crippen molar-refractivity contribution in [2.24, 2.45) is 5.16 Å². The minimum Gasteiger partial charge on any atom is -0.489 e. The number of nitrogens with zero attached hydrogens (tertiary/aromatic N) is 2. The van der Waals surface area contributed by atoms with Crippen LogP contribution in [0.1, 0.15) is 23.6 Å². The van der Waals surface area contributed by atoms with Gasteiger partial charge in [-0.3, -0.25) is 4.79 Å². The summed E-state index contributed by atoms with van der Waals surface area (Å²) in [5, 5.41) is 6.91. The van der Waals surface area contributed by atoms with Gasteiger partial charge in [0.2, 0.25) is 0 Å². The Balaban J connectivity index is 1.22. The van der Waals surface area contributed by atoms with Crippen molar-refractivity contribution in [1.82, 2.24) is 0 Å². The van der Waals surface area contributed by atoms with Crippen molar-refractivity contribution in [1.29, 1.82) is 0 Å². The fourth-order valence-corrected chi connectivity index (χ4v) is 3.74. The summed E-state index contributed by atoms with van der Waals surface area (Å²) in [6.07, 6.45) is 0. The van der Waals surface area contributed by atoms with Crippen LogP contribution in [0.4, 0.5) is 11.4 Å². The molecule has 182 valence electrons. The second kappa shape index (κ2) is 12.0. The number of carbonyl (C=O) groups excluding carboxylic acids is 1. The van der Waals surface area contributed by atoms with Crippen molar-refractivity contribution in [2.75, 3.05) is 43.1 Å². The van der Waals surface area contributed by atoms with Gasteiger partial charge in [0.05, 0.1) is 18.9 Å². The van der Waals surface area contributed by atoms with E-state index >= 15 is 0 Å². The van der Waals surface area contributed by atoms with Crippen LogP contribution in [0, 0.1) is 6.92 Å². The van der Waals surface area contributed by atoms with E-state index in [-0.39, 0.29) is 12.5 Å². The molecule has 0 aromatic heterocycles. The molecule has 0 radical (unpaired) electrons. The summed E-state index contributed by atoms with van der Waals surface area (Å²) in [5.41, 5.74) is 5.78. The third-order valence-electron chi connectivity index (χ3n) is 5.85. The largest absolute Gasteiger partial charge is 0.489 e. The molecule has 1 amide bonds. The summed E-state index contributed by atoms with van der Waals surface area (Å²) in [6, 6.07) is 23.6. The van der Waals surface area contributed by atoms with Crippen LogP contribution >= 0.6 is 0 Å². The van der Waals surface area contributed by atoms with Crippen LogP contribution in [0.5, 0.6) is 5.75 Å². The molecule has 1 aliphatic rings. The van der Waals surface area contributed by atoms with Gasteiger partial charge >= 0.3 is 0 Å². The Bertz CT molecular complexity index is 1140. The molecule has 1 aliphatic heterocycles. The predicted octanol–water partition coefficient (Wildman–Crippen LogP) is 4.79. The number of hydrogen-bond acceptors (Lipinski definition) is 6. The van der Waals surface area contributed by atoms with Crippen LogP contribution < -0.4 is 15.0 Å². The van der Waals surface area contributed by atoms with E-state index < -0.39 is 0 Å². The van der Waals surface area contributed by atoms with E-state index in [1.54, 1.807) is 0 Å². The van der Waals surface area contributed by atoms with Gasteiger partial charge in [-0.2, -0.15) is 0 Å². The van der Waals surface area contributed by atoms with E-state index in [1.807, 2.05) is 67.6 Å². The van der Waals surface area contributed by atoms with Crippen molar-refractivity contribution in [3.63, 3.8) is 0 Å². The van der Waals surface area contributed by atoms with Gasteiger partial charge in [0.25, 0.3) is 5.91 Å². The van der Waals surface area contributed by atoms with Crippen LogP contribution in [0.15, 0.2) is 78.0 Å². The number of nitrogens with one attached hydrogen (secondary N) is 1. The summed E-state index contributed by atoms with van der Waals surface area (Å²) < 4.78 is 11.3. The lowest BCUT2D eigenvalue weighted by Gasteiger charge is -2.28. The number of amides is 1. The van der Waals surface area contributed by atoms with Crippen molar-refractivity contribution >= 4 is 23.0 Å². The zero-order valence-electron chi connectivity index (χ0n) is 20.2. The molecule has 35 heavy (non-hydrogen) atoms. The summed E-state index contributed by atoms with van der Waals surface area (Å²) in [7, 11) is 0. The number of benzene rings is 3. The van der Waals surface area contributed by atoms with Crippen LogP contribution in [0.25, 0.3) is 0 Å². The molecule has 3 aromatic rings. The van der Waals surface area contributed by atoms with Crippen molar-refractivity contribution in [3.05, 3.63) is 89.5 Å². The molecule has 0 spiro atoms. The average molecular weight is 474 g/mol. The lowest BCUT2D eigenvalue weighted by atomic mass is 10.1. The van der Waals surface area contributed by atoms with Gasteiger partial charge in [-0.05, 0) is 79.1 Å². The monoisotopic (exact) mass is 473 g/mol. The Kier molecular flexibility index (Phi) is 8.35. The van der Waals surface area contributed by atoms with Gasteiger partial charge in [-0.25, -0.2) is 0 Å². The average Bonchev–Trinajstić information content (AvgIpc) is 2.89. The normalized spacial score (nSPS) is 13.9. The fraction of sp³-hybridized carbons (Fsp3) is 0.286. The first kappa shape index (κ1) is 24.3. The molecular formula is C28H31N3O4. The number of rotatable bonds is 9. The Hall–Kier alpha value is -3.84. The predicted molar refractivity (Wildman–Crippen MR) is 138 cm³/mol.